The van der Waals surface area contributed by atoms with Crippen LogP contribution >= 0.6 is 12.6 Å². The molecule has 0 saturated carbocycles. The standard InChI is InChI=1S/C12H16O3S/c13-8-9-15-12(14)3-1-2-10-4-6-11(16)7-5-10/h4-7,13,16H,1-3,8-9H2. The Kier molecular flexibility index (Phi) is 5.96. The summed E-state index contributed by atoms with van der Waals surface area (Å²) in [5.74, 6) is -0.250. The van der Waals surface area contributed by atoms with Crippen LogP contribution in [0.1, 0.15) is 18.4 Å². The van der Waals surface area contributed by atoms with Crippen molar-refractivity contribution in [2.45, 2.75) is 24.2 Å². The second-order valence-corrected chi connectivity index (χ2v) is 3.98. The van der Waals surface area contributed by atoms with Crippen molar-refractivity contribution >= 4 is 18.6 Å². The van der Waals surface area contributed by atoms with Crippen LogP contribution in [0.3, 0.4) is 0 Å². The highest BCUT2D eigenvalue weighted by atomic mass is 32.1. The summed E-state index contributed by atoms with van der Waals surface area (Å²) in [7, 11) is 0. The van der Waals surface area contributed by atoms with E-state index in [9.17, 15) is 4.79 Å². The summed E-state index contributed by atoms with van der Waals surface area (Å²) in [4.78, 5) is 12.0. The third-order valence-electron chi connectivity index (χ3n) is 2.14. The number of esters is 1. The van der Waals surface area contributed by atoms with Gasteiger partial charge in [-0.05, 0) is 30.5 Å². The molecule has 0 atom stereocenters. The van der Waals surface area contributed by atoms with Crippen molar-refractivity contribution in [1.29, 1.82) is 0 Å². The molecule has 0 aromatic heterocycles. The van der Waals surface area contributed by atoms with Gasteiger partial charge in [-0.1, -0.05) is 12.1 Å². The third kappa shape index (κ3) is 5.19. The maximum atomic E-state index is 11.1. The predicted molar refractivity (Wildman–Crippen MR) is 64.7 cm³/mol. The molecule has 0 saturated heterocycles. The van der Waals surface area contributed by atoms with Gasteiger partial charge >= 0.3 is 5.97 Å². The van der Waals surface area contributed by atoms with Gasteiger partial charge in [0.25, 0.3) is 0 Å². The largest absolute Gasteiger partial charge is 0.463 e. The lowest BCUT2D eigenvalue weighted by Gasteiger charge is -2.03. The molecule has 1 aromatic rings. The van der Waals surface area contributed by atoms with Gasteiger partial charge in [0.1, 0.15) is 6.61 Å². The zero-order chi connectivity index (χ0) is 11.8. The molecular formula is C12H16O3S. The van der Waals surface area contributed by atoms with Crippen molar-refractivity contribution in [2.24, 2.45) is 0 Å². The van der Waals surface area contributed by atoms with Crippen molar-refractivity contribution in [3.8, 4) is 0 Å². The van der Waals surface area contributed by atoms with Gasteiger partial charge in [-0.15, -0.1) is 12.6 Å². The van der Waals surface area contributed by atoms with E-state index in [1.165, 1.54) is 5.56 Å². The smallest absolute Gasteiger partial charge is 0.305 e. The van der Waals surface area contributed by atoms with Crippen LogP contribution < -0.4 is 0 Å². The minimum Gasteiger partial charge on any atom is -0.463 e. The molecule has 0 aliphatic heterocycles. The minimum atomic E-state index is -0.250. The topological polar surface area (TPSA) is 46.5 Å². The molecule has 0 unspecified atom stereocenters. The van der Waals surface area contributed by atoms with E-state index in [-0.39, 0.29) is 19.2 Å². The SMILES string of the molecule is O=C(CCCc1ccc(S)cc1)OCCO. The summed E-state index contributed by atoms with van der Waals surface area (Å²) in [6.07, 6.45) is 2.00. The molecule has 1 N–H and O–H groups in total. The Labute approximate surface area is 101 Å². The second-order valence-electron chi connectivity index (χ2n) is 3.46. The fourth-order valence-corrected chi connectivity index (χ4v) is 1.48. The number of thiol groups is 1. The summed E-state index contributed by atoms with van der Waals surface area (Å²) < 4.78 is 4.75. The molecule has 1 rings (SSSR count). The van der Waals surface area contributed by atoms with E-state index in [2.05, 4.69) is 12.6 Å². The molecule has 4 heteroatoms. The zero-order valence-electron chi connectivity index (χ0n) is 9.06. The average molecular weight is 240 g/mol. The number of aryl methyl sites for hydroxylation is 1. The van der Waals surface area contributed by atoms with Crippen molar-refractivity contribution in [1.82, 2.24) is 0 Å². The van der Waals surface area contributed by atoms with Crippen LogP contribution in [0.5, 0.6) is 0 Å². The van der Waals surface area contributed by atoms with Gasteiger partial charge in [0.05, 0.1) is 6.61 Å². The molecular weight excluding hydrogens is 224 g/mol. The summed E-state index contributed by atoms with van der Waals surface area (Å²) in [6.45, 7) is -0.0255. The van der Waals surface area contributed by atoms with Crippen LogP contribution in [0.4, 0.5) is 0 Å². The average Bonchev–Trinajstić information content (AvgIpc) is 2.29. The molecule has 0 aliphatic carbocycles. The predicted octanol–water partition coefficient (Wildman–Crippen LogP) is 1.83. The van der Waals surface area contributed by atoms with Crippen LogP contribution in [0.15, 0.2) is 29.2 Å². The van der Waals surface area contributed by atoms with Crippen LogP contribution in [0.25, 0.3) is 0 Å². The molecule has 0 spiro atoms. The number of ether oxygens (including phenoxy) is 1. The highest BCUT2D eigenvalue weighted by Crippen LogP contribution is 2.10. The summed E-state index contributed by atoms with van der Waals surface area (Å²) in [5.41, 5.74) is 1.19. The first kappa shape index (κ1) is 13.1. The van der Waals surface area contributed by atoms with E-state index in [1.54, 1.807) is 0 Å². The maximum Gasteiger partial charge on any atom is 0.305 e. The Balaban J connectivity index is 2.20. The lowest BCUT2D eigenvalue weighted by molar-refractivity contribution is -0.144. The molecule has 88 valence electrons. The maximum absolute atomic E-state index is 11.1. The Hall–Kier alpha value is -1.00. The van der Waals surface area contributed by atoms with E-state index in [0.717, 1.165) is 17.7 Å². The van der Waals surface area contributed by atoms with Gasteiger partial charge in [-0.25, -0.2) is 0 Å². The summed E-state index contributed by atoms with van der Waals surface area (Å²) in [6, 6.07) is 7.87. The van der Waals surface area contributed by atoms with Crippen LogP contribution in [0, 0.1) is 0 Å². The van der Waals surface area contributed by atoms with Crippen molar-refractivity contribution in [3.63, 3.8) is 0 Å². The molecule has 0 radical (unpaired) electrons. The lowest BCUT2D eigenvalue weighted by Crippen LogP contribution is -2.08. The van der Waals surface area contributed by atoms with Crippen LogP contribution in [-0.2, 0) is 16.0 Å². The lowest BCUT2D eigenvalue weighted by atomic mass is 10.1. The van der Waals surface area contributed by atoms with Gasteiger partial charge in [0, 0.05) is 11.3 Å². The van der Waals surface area contributed by atoms with E-state index in [1.807, 2.05) is 24.3 Å². The minimum absolute atomic E-state index is 0.0905. The first-order valence-corrected chi connectivity index (χ1v) is 5.71. The fourth-order valence-electron chi connectivity index (χ4n) is 1.33. The van der Waals surface area contributed by atoms with Gasteiger partial charge in [-0.2, -0.15) is 0 Å². The number of aliphatic hydroxyl groups is 1. The Bertz CT molecular complexity index is 322. The molecule has 0 fully saturated rings. The monoisotopic (exact) mass is 240 g/mol. The quantitative estimate of drug-likeness (QED) is 0.589. The number of hydrogen-bond donors (Lipinski definition) is 2. The molecule has 16 heavy (non-hydrogen) atoms. The molecule has 0 heterocycles. The molecule has 1 aromatic carbocycles. The van der Waals surface area contributed by atoms with Gasteiger partial charge in [-0.3, -0.25) is 4.79 Å². The second kappa shape index (κ2) is 7.30. The van der Waals surface area contributed by atoms with Gasteiger partial charge in [0.15, 0.2) is 0 Å². The number of benzene rings is 1. The number of aliphatic hydroxyl groups excluding tert-OH is 1. The van der Waals surface area contributed by atoms with Crippen molar-refractivity contribution in [3.05, 3.63) is 29.8 Å². The number of rotatable bonds is 6. The van der Waals surface area contributed by atoms with E-state index in [4.69, 9.17) is 9.84 Å². The van der Waals surface area contributed by atoms with Crippen LogP contribution in [-0.4, -0.2) is 24.3 Å². The summed E-state index contributed by atoms with van der Waals surface area (Å²) >= 11 is 4.20. The highest BCUT2D eigenvalue weighted by Gasteiger charge is 2.02. The van der Waals surface area contributed by atoms with Gasteiger partial charge < -0.3 is 9.84 Å². The molecule has 0 aliphatic rings. The number of hydrogen-bond acceptors (Lipinski definition) is 4. The first-order valence-electron chi connectivity index (χ1n) is 5.27. The number of carbonyl (C=O) groups excluding carboxylic acids is 1. The first-order chi connectivity index (χ1) is 7.72. The van der Waals surface area contributed by atoms with E-state index < -0.39 is 0 Å². The fraction of sp³-hybridized carbons (Fsp3) is 0.417. The molecule has 3 nitrogen and oxygen atoms in total. The Morgan fingerprint density at radius 1 is 1.31 bits per heavy atom. The Morgan fingerprint density at radius 2 is 2.00 bits per heavy atom. The zero-order valence-corrected chi connectivity index (χ0v) is 9.95. The molecule has 0 bridgehead atoms. The van der Waals surface area contributed by atoms with E-state index >= 15 is 0 Å². The number of carbonyl (C=O) groups is 1. The molecule has 0 amide bonds. The van der Waals surface area contributed by atoms with Crippen molar-refractivity contribution in [2.75, 3.05) is 13.2 Å². The third-order valence-corrected chi connectivity index (χ3v) is 2.44. The Morgan fingerprint density at radius 3 is 2.62 bits per heavy atom. The summed E-state index contributed by atoms with van der Waals surface area (Å²) in [5, 5.41) is 8.46. The van der Waals surface area contributed by atoms with Crippen molar-refractivity contribution < 1.29 is 14.6 Å². The van der Waals surface area contributed by atoms with E-state index in [0.29, 0.717) is 6.42 Å². The normalized spacial score (nSPS) is 10.1. The van der Waals surface area contributed by atoms with Crippen LogP contribution in [0.2, 0.25) is 0 Å². The highest BCUT2D eigenvalue weighted by molar-refractivity contribution is 7.80. The van der Waals surface area contributed by atoms with Gasteiger partial charge in [0.2, 0.25) is 0 Å².